The predicted octanol–water partition coefficient (Wildman–Crippen LogP) is 2.14. The number of nitrogens with zero attached hydrogens (tertiary/aromatic N) is 3. The van der Waals surface area contributed by atoms with E-state index in [2.05, 4.69) is 10.2 Å². The maximum absolute atomic E-state index is 11.6. The fourth-order valence-corrected chi connectivity index (χ4v) is 2.87. The number of halogens is 1. The molecular weight excluding hydrogens is 300 g/mol. The zero-order valence-electron chi connectivity index (χ0n) is 11.3. The van der Waals surface area contributed by atoms with Crippen molar-refractivity contribution in [1.82, 2.24) is 14.8 Å². The summed E-state index contributed by atoms with van der Waals surface area (Å²) < 4.78 is 24.7. The summed E-state index contributed by atoms with van der Waals surface area (Å²) in [5, 5.41) is 13.2. The van der Waals surface area contributed by atoms with Gasteiger partial charge in [-0.2, -0.15) is 0 Å². The molecule has 2 N–H and O–H groups in total. The van der Waals surface area contributed by atoms with E-state index < -0.39 is 10.0 Å². The number of rotatable bonds is 3. The molecule has 8 heteroatoms. The smallest absolute Gasteiger partial charge is 0.273 e. The standard InChI is InChI=1S/C12H15ClN4O2S/c1-7(2)17-11(15-16-12(17)20(14,18)19)9-5-4-6-10(13)8(9)3/h4-7H,1-3H3,(H2,14,18,19). The third kappa shape index (κ3) is 2.56. The molecule has 0 unspecified atom stereocenters. The molecule has 2 aromatic rings. The van der Waals surface area contributed by atoms with Gasteiger partial charge in [-0.05, 0) is 32.4 Å². The van der Waals surface area contributed by atoms with Gasteiger partial charge in [-0.1, -0.05) is 23.7 Å². The van der Waals surface area contributed by atoms with Crippen LogP contribution in [0.2, 0.25) is 5.02 Å². The maximum Gasteiger partial charge on any atom is 0.273 e. The molecule has 0 atom stereocenters. The van der Waals surface area contributed by atoms with Gasteiger partial charge in [-0.3, -0.25) is 4.57 Å². The highest BCUT2D eigenvalue weighted by atomic mass is 35.5. The fraction of sp³-hybridized carbons (Fsp3) is 0.333. The summed E-state index contributed by atoms with van der Waals surface area (Å²) in [6.07, 6.45) is 0. The molecule has 20 heavy (non-hydrogen) atoms. The maximum atomic E-state index is 11.6. The number of aromatic nitrogens is 3. The van der Waals surface area contributed by atoms with Gasteiger partial charge in [0.2, 0.25) is 0 Å². The lowest BCUT2D eigenvalue weighted by atomic mass is 10.1. The summed E-state index contributed by atoms with van der Waals surface area (Å²) in [6.45, 7) is 5.51. The van der Waals surface area contributed by atoms with Crippen LogP contribution in [0.5, 0.6) is 0 Å². The van der Waals surface area contributed by atoms with Gasteiger partial charge in [0.05, 0.1) is 0 Å². The zero-order chi connectivity index (χ0) is 15.1. The first-order valence-electron chi connectivity index (χ1n) is 5.96. The van der Waals surface area contributed by atoms with Gasteiger partial charge in [-0.25, -0.2) is 13.6 Å². The highest BCUT2D eigenvalue weighted by Crippen LogP contribution is 2.30. The van der Waals surface area contributed by atoms with Crippen molar-refractivity contribution in [2.75, 3.05) is 0 Å². The number of primary sulfonamides is 1. The molecule has 0 aliphatic carbocycles. The van der Waals surface area contributed by atoms with E-state index in [1.807, 2.05) is 26.8 Å². The lowest BCUT2D eigenvalue weighted by Crippen LogP contribution is -2.20. The topological polar surface area (TPSA) is 90.9 Å². The van der Waals surface area contributed by atoms with Crippen LogP contribution >= 0.6 is 11.6 Å². The Morgan fingerprint density at radius 1 is 1.30 bits per heavy atom. The summed E-state index contributed by atoms with van der Waals surface area (Å²) in [4.78, 5) is 0. The summed E-state index contributed by atoms with van der Waals surface area (Å²) in [5.41, 5.74) is 1.54. The molecule has 0 amide bonds. The Labute approximate surface area is 122 Å². The number of benzene rings is 1. The quantitative estimate of drug-likeness (QED) is 0.939. The van der Waals surface area contributed by atoms with E-state index in [0.717, 1.165) is 11.1 Å². The summed E-state index contributed by atoms with van der Waals surface area (Å²) in [5.74, 6) is 0.434. The van der Waals surface area contributed by atoms with E-state index >= 15 is 0 Å². The second-order valence-electron chi connectivity index (χ2n) is 4.73. The third-order valence-corrected chi connectivity index (χ3v) is 4.14. The Kier molecular flexibility index (Phi) is 3.86. The highest BCUT2D eigenvalue weighted by molar-refractivity contribution is 7.89. The minimum absolute atomic E-state index is 0.160. The molecular formula is C12H15ClN4O2S. The monoisotopic (exact) mass is 314 g/mol. The van der Waals surface area contributed by atoms with Gasteiger partial charge in [0.1, 0.15) is 0 Å². The molecule has 1 aromatic heterocycles. The second-order valence-corrected chi connectivity index (χ2v) is 6.59. The van der Waals surface area contributed by atoms with Crippen molar-refractivity contribution < 1.29 is 8.42 Å². The summed E-state index contributed by atoms with van der Waals surface area (Å²) in [7, 11) is -3.93. The molecule has 0 radical (unpaired) electrons. The normalized spacial score (nSPS) is 12.1. The largest absolute Gasteiger partial charge is 0.294 e. The molecule has 1 aromatic carbocycles. The lowest BCUT2D eigenvalue weighted by molar-refractivity contribution is 0.524. The van der Waals surface area contributed by atoms with Crippen molar-refractivity contribution in [3.63, 3.8) is 0 Å². The van der Waals surface area contributed by atoms with Crippen LogP contribution in [0.25, 0.3) is 11.4 Å². The van der Waals surface area contributed by atoms with Crippen molar-refractivity contribution >= 4 is 21.6 Å². The van der Waals surface area contributed by atoms with Crippen LogP contribution in [0.4, 0.5) is 0 Å². The average molecular weight is 315 g/mol. The van der Waals surface area contributed by atoms with Gasteiger partial charge in [0, 0.05) is 16.6 Å². The van der Waals surface area contributed by atoms with E-state index in [1.54, 1.807) is 12.1 Å². The van der Waals surface area contributed by atoms with Crippen LogP contribution in [0.1, 0.15) is 25.5 Å². The van der Waals surface area contributed by atoms with Crippen LogP contribution in [0.3, 0.4) is 0 Å². The Morgan fingerprint density at radius 3 is 2.50 bits per heavy atom. The number of hydrogen-bond acceptors (Lipinski definition) is 4. The van der Waals surface area contributed by atoms with E-state index in [9.17, 15) is 8.42 Å². The molecule has 0 aliphatic heterocycles. The van der Waals surface area contributed by atoms with Gasteiger partial charge < -0.3 is 0 Å². The third-order valence-electron chi connectivity index (χ3n) is 2.94. The van der Waals surface area contributed by atoms with E-state index in [0.29, 0.717) is 10.8 Å². The Balaban J connectivity index is 2.76. The molecule has 1 heterocycles. The molecule has 0 fully saturated rings. The Hall–Kier alpha value is -1.44. The van der Waals surface area contributed by atoms with Gasteiger partial charge in [0.15, 0.2) is 5.82 Å². The minimum Gasteiger partial charge on any atom is -0.294 e. The number of hydrogen-bond donors (Lipinski definition) is 1. The first-order valence-corrected chi connectivity index (χ1v) is 7.89. The summed E-state index contributed by atoms with van der Waals surface area (Å²) in [6, 6.07) is 5.20. The van der Waals surface area contributed by atoms with E-state index in [1.165, 1.54) is 4.57 Å². The van der Waals surface area contributed by atoms with Crippen molar-refractivity contribution in [2.24, 2.45) is 5.14 Å². The van der Waals surface area contributed by atoms with Crippen LogP contribution in [0, 0.1) is 6.92 Å². The van der Waals surface area contributed by atoms with Crippen molar-refractivity contribution in [3.05, 3.63) is 28.8 Å². The average Bonchev–Trinajstić information content (AvgIpc) is 2.77. The van der Waals surface area contributed by atoms with E-state index in [4.69, 9.17) is 16.7 Å². The Bertz CT molecular complexity index is 753. The van der Waals surface area contributed by atoms with Crippen molar-refractivity contribution in [3.8, 4) is 11.4 Å². The van der Waals surface area contributed by atoms with Crippen LogP contribution in [-0.4, -0.2) is 23.2 Å². The lowest BCUT2D eigenvalue weighted by Gasteiger charge is -2.14. The molecule has 0 saturated heterocycles. The molecule has 6 nitrogen and oxygen atoms in total. The molecule has 0 spiro atoms. The van der Waals surface area contributed by atoms with E-state index in [-0.39, 0.29) is 11.2 Å². The van der Waals surface area contributed by atoms with Crippen molar-refractivity contribution in [1.29, 1.82) is 0 Å². The SMILES string of the molecule is Cc1c(Cl)cccc1-c1nnc(S(N)(=O)=O)n1C(C)C. The first kappa shape index (κ1) is 15.0. The fourth-order valence-electron chi connectivity index (χ4n) is 1.97. The van der Waals surface area contributed by atoms with Gasteiger partial charge in [0.25, 0.3) is 15.2 Å². The molecule has 108 valence electrons. The highest BCUT2D eigenvalue weighted by Gasteiger charge is 2.24. The van der Waals surface area contributed by atoms with Crippen LogP contribution in [0.15, 0.2) is 23.4 Å². The Morgan fingerprint density at radius 2 is 1.95 bits per heavy atom. The first-order chi connectivity index (χ1) is 9.23. The predicted molar refractivity (Wildman–Crippen MR) is 77.0 cm³/mol. The summed E-state index contributed by atoms with van der Waals surface area (Å²) >= 11 is 6.09. The molecule has 0 saturated carbocycles. The van der Waals surface area contributed by atoms with Gasteiger partial charge >= 0.3 is 0 Å². The number of nitrogens with two attached hydrogens (primary N) is 1. The minimum atomic E-state index is -3.93. The molecule has 0 aliphatic rings. The second kappa shape index (κ2) is 5.16. The number of sulfonamides is 1. The van der Waals surface area contributed by atoms with Gasteiger partial charge in [-0.15, -0.1) is 10.2 Å². The van der Waals surface area contributed by atoms with Crippen LogP contribution in [-0.2, 0) is 10.0 Å². The van der Waals surface area contributed by atoms with Crippen LogP contribution < -0.4 is 5.14 Å². The zero-order valence-corrected chi connectivity index (χ0v) is 12.9. The van der Waals surface area contributed by atoms with Crippen molar-refractivity contribution in [2.45, 2.75) is 32.0 Å². The molecule has 2 rings (SSSR count). The molecule has 0 bridgehead atoms.